The number of alkyl halides is 3. The standard InChI is InChI=1S/C21H18F3N3O/c1-12(2)14-9-16-13(3)8-18(27-19(16)17(10-14)21(22,23)24)20(28)26-11-15-6-4-5-7-25-15/h4-10H,1,11H2,2-3H3,(H,26,28). The van der Waals surface area contributed by atoms with Gasteiger partial charge in [0.1, 0.15) is 5.69 Å². The second-order valence-corrected chi connectivity index (χ2v) is 6.53. The van der Waals surface area contributed by atoms with Crippen molar-refractivity contribution in [2.45, 2.75) is 26.6 Å². The van der Waals surface area contributed by atoms with Crippen LogP contribution in [0, 0.1) is 6.92 Å². The average molecular weight is 385 g/mol. The van der Waals surface area contributed by atoms with Gasteiger partial charge in [0.05, 0.1) is 23.3 Å². The van der Waals surface area contributed by atoms with Gasteiger partial charge in [0.15, 0.2) is 0 Å². The van der Waals surface area contributed by atoms with E-state index in [2.05, 4.69) is 21.9 Å². The smallest absolute Gasteiger partial charge is 0.345 e. The van der Waals surface area contributed by atoms with Crippen LogP contribution >= 0.6 is 0 Å². The van der Waals surface area contributed by atoms with E-state index >= 15 is 0 Å². The molecule has 0 atom stereocenters. The van der Waals surface area contributed by atoms with Gasteiger partial charge in [-0.1, -0.05) is 18.2 Å². The van der Waals surface area contributed by atoms with Gasteiger partial charge in [-0.25, -0.2) is 4.98 Å². The second kappa shape index (κ2) is 7.42. The summed E-state index contributed by atoms with van der Waals surface area (Å²) in [5, 5.41) is 2.98. The van der Waals surface area contributed by atoms with Crippen molar-refractivity contribution >= 4 is 22.4 Å². The number of carbonyl (C=O) groups is 1. The summed E-state index contributed by atoms with van der Waals surface area (Å²) in [6, 6.07) is 9.38. The monoisotopic (exact) mass is 385 g/mol. The Kier molecular flexibility index (Phi) is 5.18. The molecule has 0 aliphatic heterocycles. The quantitative estimate of drug-likeness (QED) is 0.694. The molecule has 2 aromatic heterocycles. The van der Waals surface area contributed by atoms with Crippen LogP contribution in [0.2, 0.25) is 0 Å². The zero-order valence-corrected chi connectivity index (χ0v) is 15.4. The zero-order chi connectivity index (χ0) is 20.5. The molecule has 28 heavy (non-hydrogen) atoms. The van der Waals surface area contributed by atoms with Gasteiger partial charge in [-0.05, 0) is 55.3 Å². The number of amides is 1. The zero-order valence-electron chi connectivity index (χ0n) is 15.4. The summed E-state index contributed by atoms with van der Waals surface area (Å²) in [6.07, 6.45) is -3.01. The van der Waals surface area contributed by atoms with E-state index in [9.17, 15) is 18.0 Å². The van der Waals surface area contributed by atoms with Crippen LogP contribution in [0.15, 0.2) is 49.2 Å². The molecule has 2 heterocycles. The van der Waals surface area contributed by atoms with Crippen LogP contribution in [0.25, 0.3) is 16.5 Å². The fourth-order valence-electron chi connectivity index (χ4n) is 2.83. The van der Waals surface area contributed by atoms with E-state index in [1.165, 1.54) is 6.07 Å². The molecule has 0 aliphatic carbocycles. The second-order valence-electron chi connectivity index (χ2n) is 6.53. The van der Waals surface area contributed by atoms with Crippen LogP contribution in [-0.2, 0) is 12.7 Å². The lowest BCUT2D eigenvalue weighted by Gasteiger charge is -2.15. The van der Waals surface area contributed by atoms with Gasteiger partial charge in [-0.15, -0.1) is 0 Å². The number of rotatable bonds is 4. The summed E-state index contributed by atoms with van der Waals surface area (Å²) in [5.41, 5.74) is 0.860. The van der Waals surface area contributed by atoms with Gasteiger partial charge in [-0.3, -0.25) is 9.78 Å². The molecule has 0 spiro atoms. The molecule has 0 aliphatic rings. The molecule has 0 radical (unpaired) electrons. The van der Waals surface area contributed by atoms with E-state index < -0.39 is 17.6 Å². The van der Waals surface area contributed by atoms with Gasteiger partial charge in [0, 0.05) is 11.6 Å². The first kappa shape index (κ1) is 19.5. The Morgan fingerprint density at radius 3 is 2.57 bits per heavy atom. The van der Waals surface area contributed by atoms with Crippen molar-refractivity contribution in [2.24, 2.45) is 0 Å². The maximum atomic E-state index is 13.6. The third kappa shape index (κ3) is 4.03. The fourth-order valence-corrected chi connectivity index (χ4v) is 2.83. The van der Waals surface area contributed by atoms with Gasteiger partial charge in [-0.2, -0.15) is 13.2 Å². The highest BCUT2D eigenvalue weighted by molar-refractivity contribution is 5.97. The highest BCUT2D eigenvalue weighted by Crippen LogP contribution is 2.37. The number of aryl methyl sites for hydroxylation is 1. The number of nitrogens with one attached hydrogen (secondary N) is 1. The summed E-state index contributed by atoms with van der Waals surface area (Å²) < 4.78 is 40.9. The molecule has 4 nitrogen and oxygen atoms in total. The minimum Gasteiger partial charge on any atom is -0.345 e. The Bertz CT molecular complexity index is 1060. The van der Waals surface area contributed by atoms with Crippen molar-refractivity contribution in [3.63, 3.8) is 0 Å². The highest BCUT2D eigenvalue weighted by Gasteiger charge is 2.34. The molecule has 1 aromatic carbocycles. The number of hydrogen-bond donors (Lipinski definition) is 1. The largest absolute Gasteiger partial charge is 0.418 e. The SMILES string of the molecule is C=C(C)c1cc(C(F)(F)F)c2nc(C(=O)NCc3ccccn3)cc(C)c2c1. The first-order valence-electron chi connectivity index (χ1n) is 8.53. The van der Waals surface area contributed by atoms with Crippen molar-refractivity contribution in [3.05, 3.63) is 77.3 Å². The van der Waals surface area contributed by atoms with E-state index in [4.69, 9.17) is 0 Å². The number of carbonyl (C=O) groups excluding carboxylic acids is 1. The Balaban J connectivity index is 2.04. The minimum absolute atomic E-state index is 0.0745. The molecule has 0 saturated heterocycles. The molecule has 0 bridgehead atoms. The van der Waals surface area contributed by atoms with E-state index in [-0.39, 0.29) is 17.8 Å². The van der Waals surface area contributed by atoms with Crippen LogP contribution in [0.5, 0.6) is 0 Å². The minimum atomic E-state index is -4.60. The van der Waals surface area contributed by atoms with E-state index in [1.54, 1.807) is 44.3 Å². The van der Waals surface area contributed by atoms with Crippen molar-refractivity contribution in [2.75, 3.05) is 0 Å². The molecular formula is C21H18F3N3O. The Hall–Kier alpha value is -3.22. The topological polar surface area (TPSA) is 54.9 Å². The number of benzene rings is 1. The third-order valence-electron chi connectivity index (χ3n) is 4.31. The highest BCUT2D eigenvalue weighted by atomic mass is 19.4. The lowest BCUT2D eigenvalue weighted by molar-refractivity contribution is -0.136. The molecular weight excluding hydrogens is 367 g/mol. The maximum absolute atomic E-state index is 13.6. The Labute approximate surface area is 160 Å². The molecule has 0 unspecified atom stereocenters. The predicted molar refractivity (Wildman–Crippen MR) is 102 cm³/mol. The first-order valence-corrected chi connectivity index (χ1v) is 8.53. The van der Waals surface area contributed by atoms with Crippen molar-refractivity contribution < 1.29 is 18.0 Å². The van der Waals surface area contributed by atoms with Gasteiger partial charge in [0.25, 0.3) is 5.91 Å². The summed E-state index contributed by atoms with van der Waals surface area (Å²) in [6.45, 7) is 7.18. The molecule has 0 fully saturated rings. The lowest BCUT2D eigenvalue weighted by Crippen LogP contribution is -2.24. The van der Waals surface area contributed by atoms with Crippen LogP contribution in [0.3, 0.4) is 0 Å². The van der Waals surface area contributed by atoms with Crippen molar-refractivity contribution in [3.8, 4) is 0 Å². The van der Waals surface area contributed by atoms with E-state index in [0.29, 0.717) is 27.8 Å². The summed E-state index contributed by atoms with van der Waals surface area (Å²) >= 11 is 0. The normalized spacial score (nSPS) is 11.5. The number of pyridine rings is 2. The summed E-state index contributed by atoms with van der Waals surface area (Å²) in [7, 11) is 0. The number of halogens is 3. The first-order chi connectivity index (χ1) is 13.2. The van der Waals surface area contributed by atoms with Crippen LogP contribution < -0.4 is 5.32 Å². The molecule has 1 N–H and O–H groups in total. The van der Waals surface area contributed by atoms with E-state index in [1.807, 2.05) is 0 Å². The predicted octanol–water partition coefficient (Wildman–Crippen LogP) is 4.92. The van der Waals surface area contributed by atoms with Gasteiger partial charge >= 0.3 is 6.18 Å². The van der Waals surface area contributed by atoms with Crippen LogP contribution in [-0.4, -0.2) is 15.9 Å². The molecule has 1 amide bonds. The van der Waals surface area contributed by atoms with Crippen LogP contribution in [0.1, 0.15) is 39.8 Å². The lowest BCUT2D eigenvalue weighted by atomic mass is 9.98. The Morgan fingerprint density at radius 1 is 1.21 bits per heavy atom. The fraction of sp³-hybridized carbons (Fsp3) is 0.190. The average Bonchev–Trinajstić information content (AvgIpc) is 2.65. The number of hydrogen-bond acceptors (Lipinski definition) is 3. The molecule has 0 saturated carbocycles. The van der Waals surface area contributed by atoms with Crippen molar-refractivity contribution in [1.82, 2.24) is 15.3 Å². The molecule has 144 valence electrons. The third-order valence-corrected chi connectivity index (χ3v) is 4.31. The van der Waals surface area contributed by atoms with Crippen LogP contribution in [0.4, 0.5) is 13.2 Å². The number of nitrogens with zero attached hydrogens (tertiary/aromatic N) is 2. The maximum Gasteiger partial charge on any atom is 0.418 e. The summed E-state index contributed by atoms with van der Waals surface area (Å²) in [4.78, 5) is 20.6. The molecule has 7 heteroatoms. The summed E-state index contributed by atoms with van der Waals surface area (Å²) in [5.74, 6) is -0.562. The number of fused-ring (bicyclic) bond motifs is 1. The number of allylic oxidation sites excluding steroid dienone is 1. The van der Waals surface area contributed by atoms with Gasteiger partial charge in [0.2, 0.25) is 0 Å². The van der Waals surface area contributed by atoms with Crippen molar-refractivity contribution in [1.29, 1.82) is 0 Å². The molecule has 3 aromatic rings. The van der Waals surface area contributed by atoms with Gasteiger partial charge < -0.3 is 5.32 Å². The Morgan fingerprint density at radius 2 is 1.96 bits per heavy atom. The molecule has 3 rings (SSSR count). The number of aromatic nitrogens is 2. The van der Waals surface area contributed by atoms with E-state index in [0.717, 1.165) is 6.07 Å².